The molecule has 2 heterocycles. The highest BCUT2D eigenvalue weighted by molar-refractivity contribution is 5.61. The van der Waals surface area contributed by atoms with Crippen LogP contribution in [0.15, 0.2) is 24.3 Å². The number of H-pyrrole nitrogens is 1. The number of aromatic nitrogens is 2. The van der Waals surface area contributed by atoms with Crippen molar-refractivity contribution in [2.24, 2.45) is 0 Å². The maximum absolute atomic E-state index is 4.56. The number of benzene rings is 1. The van der Waals surface area contributed by atoms with Crippen LogP contribution < -0.4 is 10.2 Å². The van der Waals surface area contributed by atoms with Crippen molar-refractivity contribution in [2.75, 3.05) is 31.1 Å². The number of imidazole rings is 1. The Hall–Kier alpha value is -1.81. The highest BCUT2D eigenvalue weighted by Gasteiger charge is 2.10. The van der Waals surface area contributed by atoms with E-state index in [4.69, 9.17) is 0 Å². The maximum atomic E-state index is 4.56. The van der Waals surface area contributed by atoms with Crippen molar-refractivity contribution in [1.29, 1.82) is 0 Å². The van der Waals surface area contributed by atoms with E-state index in [9.17, 15) is 0 Å². The van der Waals surface area contributed by atoms with Crippen LogP contribution >= 0.6 is 0 Å². The van der Waals surface area contributed by atoms with Gasteiger partial charge in [-0.2, -0.15) is 0 Å². The summed E-state index contributed by atoms with van der Waals surface area (Å²) in [6.07, 6.45) is 1.21. The maximum Gasteiger partial charge on any atom is 0.137 e. The summed E-state index contributed by atoms with van der Waals surface area (Å²) in [5.74, 6) is 0.962. The molecule has 4 heteroatoms. The largest absolute Gasteiger partial charge is 0.370 e. The van der Waals surface area contributed by atoms with Crippen LogP contribution in [0.3, 0.4) is 0 Å². The zero-order chi connectivity index (χ0) is 13.9. The number of nitrogens with one attached hydrogen (secondary N) is 2. The molecule has 3 rings (SSSR count). The van der Waals surface area contributed by atoms with Gasteiger partial charge in [-0.25, -0.2) is 4.98 Å². The Morgan fingerprint density at radius 3 is 2.55 bits per heavy atom. The molecular weight excluding hydrogens is 248 g/mol. The molecule has 0 atom stereocenters. The van der Waals surface area contributed by atoms with Crippen LogP contribution in [-0.2, 0) is 0 Å². The summed E-state index contributed by atoms with van der Waals surface area (Å²) in [6, 6.07) is 8.72. The minimum atomic E-state index is 0.962. The van der Waals surface area contributed by atoms with E-state index in [0.717, 1.165) is 49.0 Å². The summed E-state index contributed by atoms with van der Waals surface area (Å²) in [5, 5.41) is 3.44. The van der Waals surface area contributed by atoms with Gasteiger partial charge in [0.15, 0.2) is 0 Å². The van der Waals surface area contributed by atoms with E-state index in [2.05, 4.69) is 51.4 Å². The first-order valence-electron chi connectivity index (χ1n) is 7.33. The third-order valence-electron chi connectivity index (χ3n) is 3.97. The second-order valence-electron chi connectivity index (χ2n) is 5.43. The molecule has 4 nitrogen and oxygen atoms in total. The standard InChI is InChI=1S/C16H22N4/c1-12-13(2)19-16(18-12)14-4-6-15(7-5-14)20-10-3-8-17-9-11-20/h4-7,17H,3,8-11H2,1-2H3,(H,18,19). The summed E-state index contributed by atoms with van der Waals surface area (Å²) >= 11 is 0. The quantitative estimate of drug-likeness (QED) is 0.881. The molecule has 0 spiro atoms. The molecule has 0 aliphatic carbocycles. The normalized spacial score (nSPS) is 16.2. The molecule has 1 aromatic heterocycles. The van der Waals surface area contributed by atoms with E-state index in [1.807, 2.05) is 6.92 Å². The van der Waals surface area contributed by atoms with Crippen LogP contribution in [0.1, 0.15) is 17.8 Å². The van der Waals surface area contributed by atoms with Crippen molar-refractivity contribution < 1.29 is 0 Å². The molecule has 1 aliphatic rings. The molecule has 106 valence electrons. The average molecular weight is 270 g/mol. The Bertz CT molecular complexity index is 543. The molecule has 1 fully saturated rings. The molecule has 2 aromatic rings. The first kappa shape index (κ1) is 13.2. The van der Waals surface area contributed by atoms with Crippen LogP contribution in [0, 0.1) is 13.8 Å². The summed E-state index contributed by atoms with van der Waals surface area (Å²) in [7, 11) is 0. The summed E-state index contributed by atoms with van der Waals surface area (Å²) < 4.78 is 0. The van der Waals surface area contributed by atoms with Crippen LogP contribution in [0.25, 0.3) is 11.4 Å². The van der Waals surface area contributed by atoms with Crippen molar-refractivity contribution in [3.63, 3.8) is 0 Å². The molecular formula is C16H22N4. The van der Waals surface area contributed by atoms with Gasteiger partial charge in [0, 0.05) is 36.6 Å². The van der Waals surface area contributed by atoms with Gasteiger partial charge >= 0.3 is 0 Å². The lowest BCUT2D eigenvalue weighted by Gasteiger charge is -2.22. The first-order chi connectivity index (χ1) is 9.74. The van der Waals surface area contributed by atoms with Crippen molar-refractivity contribution in [1.82, 2.24) is 15.3 Å². The lowest BCUT2D eigenvalue weighted by molar-refractivity contribution is 0.724. The second-order valence-corrected chi connectivity index (χ2v) is 5.43. The Labute approximate surface area is 120 Å². The van der Waals surface area contributed by atoms with Crippen LogP contribution in [0.5, 0.6) is 0 Å². The third kappa shape index (κ3) is 2.70. The first-order valence-corrected chi connectivity index (χ1v) is 7.33. The Morgan fingerprint density at radius 2 is 1.85 bits per heavy atom. The Morgan fingerprint density at radius 1 is 1.05 bits per heavy atom. The van der Waals surface area contributed by atoms with Gasteiger partial charge in [-0.05, 0) is 51.1 Å². The number of rotatable bonds is 2. The van der Waals surface area contributed by atoms with Crippen molar-refractivity contribution >= 4 is 5.69 Å². The van der Waals surface area contributed by atoms with Gasteiger partial charge in [-0.15, -0.1) is 0 Å². The van der Waals surface area contributed by atoms with Crippen LogP contribution in [0.2, 0.25) is 0 Å². The van der Waals surface area contributed by atoms with Gasteiger partial charge in [-0.1, -0.05) is 0 Å². The molecule has 2 N–H and O–H groups in total. The molecule has 0 saturated carbocycles. The van der Waals surface area contributed by atoms with Crippen LogP contribution in [0.4, 0.5) is 5.69 Å². The highest BCUT2D eigenvalue weighted by atomic mass is 15.2. The molecule has 0 bridgehead atoms. The average Bonchev–Trinajstić information content (AvgIpc) is 2.70. The zero-order valence-corrected chi connectivity index (χ0v) is 12.2. The minimum Gasteiger partial charge on any atom is -0.370 e. The predicted molar refractivity (Wildman–Crippen MR) is 83.2 cm³/mol. The van der Waals surface area contributed by atoms with Gasteiger partial charge in [0.25, 0.3) is 0 Å². The van der Waals surface area contributed by atoms with Gasteiger partial charge in [-0.3, -0.25) is 0 Å². The molecule has 0 radical (unpaired) electrons. The van der Waals surface area contributed by atoms with Crippen LogP contribution in [-0.4, -0.2) is 36.1 Å². The second kappa shape index (κ2) is 5.67. The van der Waals surface area contributed by atoms with E-state index >= 15 is 0 Å². The Balaban J connectivity index is 1.80. The molecule has 1 aromatic carbocycles. The fourth-order valence-electron chi connectivity index (χ4n) is 2.62. The summed E-state index contributed by atoms with van der Waals surface area (Å²) in [5.41, 5.74) is 4.67. The molecule has 0 unspecified atom stereocenters. The topological polar surface area (TPSA) is 44.0 Å². The fraction of sp³-hybridized carbons (Fsp3) is 0.438. The number of anilines is 1. The molecule has 20 heavy (non-hydrogen) atoms. The zero-order valence-electron chi connectivity index (χ0n) is 12.2. The number of aromatic amines is 1. The number of aryl methyl sites for hydroxylation is 2. The monoisotopic (exact) mass is 270 g/mol. The fourth-order valence-corrected chi connectivity index (χ4v) is 2.62. The molecule has 1 saturated heterocycles. The highest BCUT2D eigenvalue weighted by Crippen LogP contribution is 2.22. The van der Waals surface area contributed by atoms with E-state index in [1.54, 1.807) is 0 Å². The minimum absolute atomic E-state index is 0.962. The summed E-state index contributed by atoms with van der Waals surface area (Å²) in [6.45, 7) is 8.50. The smallest absolute Gasteiger partial charge is 0.137 e. The van der Waals surface area contributed by atoms with Gasteiger partial charge in [0.05, 0.1) is 5.69 Å². The van der Waals surface area contributed by atoms with E-state index in [1.165, 1.54) is 12.1 Å². The van der Waals surface area contributed by atoms with Crippen molar-refractivity contribution in [3.8, 4) is 11.4 Å². The van der Waals surface area contributed by atoms with E-state index in [-0.39, 0.29) is 0 Å². The van der Waals surface area contributed by atoms with Crippen molar-refractivity contribution in [3.05, 3.63) is 35.7 Å². The number of hydrogen-bond donors (Lipinski definition) is 2. The lowest BCUT2D eigenvalue weighted by Crippen LogP contribution is -2.27. The lowest BCUT2D eigenvalue weighted by atomic mass is 10.2. The van der Waals surface area contributed by atoms with E-state index < -0.39 is 0 Å². The predicted octanol–water partition coefficient (Wildman–Crippen LogP) is 2.49. The van der Waals surface area contributed by atoms with Gasteiger partial charge in [0.2, 0.25) is 0 Å². The van der Waals surface area contributed by atoms with Gasteiger partial charge < -0.3 is 15.2 Å². The third-order valence-corrected chi connectivity index (χ3v) is 3.97. The molecule has 0 amide bonds. The SMILES string of the molecule is Cc1nc(-c2ccc(N3CCCNCC3)cc2)[nH]c1C. The number of hydrogen-bond acceptors (Lipinski definition) is 3. The summed E-state index contributed by atoms with van der Waals surface area (Å²) in [4.78, 5) is 10.3. The van der Waals surface area contributed by atoms with Gasteiger partial charge in [0.1, 0.15) is 5.82 Å². The van der Waals surface area contributed by atoms with E-state index in [0.29, 0.717) is 0 Å². The molecule has 1 aliphatic heterocycles. The van der Waals surface area contributed by atoms with Crippen molar-refractivity contribution in [2.45, 2.75) is 20.3 Å². The Kier molecular flexibility index (Phi) is 3.74. The number of nitrogens with zero attached hydrogens (tertiary/aromatic N) is 2.